The van der Waals surface area contributed by atoms with Crippen LogP contribution in [0, 0.1) is 0 Å². The van der Waals surface area contributed by atoms with Gasteiger partial charge in [0.15, 0.2) is 12.2 Å². The largest absolute Gasteiger partial charge is 0.468 e. The van der Waals surface area contributed by atoms with E-state index in [2.05, 4.69) is 25.0 Å². The van der Waals surface area contributed by atoms with Gasteiger partial charge >= 0.3 is 12.0 Å². The van der Waals surface area contributed by atoms with Crippen LogP contribution in [0.5, 0.6) is 6.01 Å². The number of hydrogen-bond donors (Lipinski definition) is 0. The molecule has 1 fully saturated rings. The van der Waals surface area contributed by atoms with Crippen LogP contribution < -0.4 is 4.74 Å². The number of piperazine rings is 1. The molecule has 31 heavy (non-hydrogen) atoms. The number of fused-ring (bicyclic) bond motifs is 1. The number of ether oxygens (including phenoxy) is 1. The minimum atomic E-state index is -3.63. The molecule has 3 aromatic heterocycles. The summed E-state index contributed by atoms with van der Waals surface area (Å²) in [5.74, 6) is 0.560. The molecule has 5 rings (SSSR count). The van der Waals surface area contributed by atoms with Gasteiger partial charge in [0.25, 0.3) is 0 Å². The summed E-state index contributed by atoms with van der Waals surface area (Å²) in [4.78, 5) is 14.8. The zero-order chi connectivity index (χ0) is 21.6. The van der Waals surface area contributed by atoms with E-state index in [1.54, 1.807) is 12.1 Å². The molecule has 0 bridgehead atoms. The molecule has 0 unspecified atom stereocenters. The SMILES string of the molecule is COc1nc2cc(S(=O)(=O)N3CCN(C)CC3)ccc2n1-c1nc(-c2cnco2)no1. The summed E-state index contributed by atoms with van der Waals surface area (Å²) in [6.45, 7) is 2.27. The first-order valence-corrected chi connectivity index (χ1v) is 10.9. The van der Waals surface area contributed by atoms with Crippen LogP contribution >= 0.6 is 0 Å². The Balaban J connectivity index is 1.54. The molecule has 4 heterocycles. The summed E-state index contributed by atoms with van der Waals surface area (Å²) in [6, 6.07) is 4.99. The van der Waals surface area contributed by atoms with Crippen LogP contribution in [0.15, 0.2) is 44.6 Å². The molecule has 0 aliphatic carbocycles. The minimum Gasteiger partial charge on any atom is -0.468 e. The van der Waals surface area contributed by atoms with Gasteiger partial charge in [-0.05, 0) is 25.2 Å². The van der Waals surface area contributed by atoms with Gasteiger partial charge in [-0.15, -0.1) is 0 Å². The normalized spacial score (nSPS) is 16.2. The van der Waals surface area contributed by atoms with Crippen molar-refractivity contribution >= 4 is 21.1 Å². The number of rotatable bonds is 5. The maximum atomic E-state index is 13.1. The molecule has 0 amide bonds. The molecule has 0 radical (unpaired) electrons. The summed E-state index contributed by atoms with van der Waals surface area (Å²) in [5.41, 5.74) is 0.980. The lowest BCUT2D eigenvalue weighted by Crippen LogP contribution is -2.46. The highest BCUT2D eigenvalue weighted by Crippen LogP contribution is 2.29. The summed E-state index contributed by atoms with van der Waals surface area (Å²) >= 11 is 0. The maximum absolute atomic E-state index is 13.1. The van der Waals surface area contributed by atoms with E-state index in [1.807, 2.05) is 7.05 Å². The standard InChI is InChI=1S/C18H19N7O5S/c1-23-5-7-24(8-6-23)31(26,27)12-3-4-14-13(9-12)20-17(28-2)25(14)18-21-16(22-30-18)15-10-19-11-29-15/h3-4,9-11H,5-8H2,1-2H3. The first-order valence-electron chi connectivity index (χ1n) is 9.45. The second-order valence-corrected chi connectivity index (χ2v) is 9.00. The minimum absolute atomic E-state index is 0.0976. The average molecular weight is 445 g/mol. The number of methoxy groups -OCH3 is 1. The van der Waals surface area contributed by atoms with Crippen LogP contribution in [-0.4, -0.2) is 82.6 Å². The van der Waals surface area contributed by atoms with Crippen LogP contribution in [0.2, 0.25) is 0 Å². The fourth-order valence-corrected chi connectivity index (χ4v) is 4.87. The van der Waals surface area contributed by atoms with Gasteiger partial charge in [0.1, 0.15) is 0 Å². The first kappa shape index (κ1) is 19.7. The molecule has 1 aliphatic rings. The Bertz CT molecular complexity index is 1320. The second-order valence-electron chi connectivity index (χ2n) is 7.06. The van der Waals surface area contributed by atoms with Gasteiger partial charge in [0, 0.05) is 26.2 Å². The molecule has 4 aromatic rings. The average Bonchev–Trinajstić information content (AvgIpc) is 3.51. The first-order chi connectivity index (χ1) is 15.0. The third-order valence-electron chi connectivity index (χ3n) is 5.14. The van der Waals surface area contributed by atoms with E-state index in [0.29, 0.717) is 43.0 Å². The number of sulfonamides is 1. The van der Waals surface area contributed by atoms with Crippen molar-refractivity contribution in [1.82, 2.24) is 33.9 Å². The van der Waals surface area contributed by atoms with Crippen molar-refractivity contribution in [3.8, 4) is 23.6 Å². The Labute approximate surface area is 177 Å². The molecule has 1 saturated heterocycles. The Hall–Kier alpha value is -3.29. The van der Waals surface area contributed by atoms with Gasteiger partial charge in [-0.1, -0.05) is 5.16 Å². The van der Waals surface area contributed by atoms with Crippen molar-refractivity contribution in [2.75, 3.05) is 40.3 Å². The number of imidazole rings is 1. The van der Waals surface area contributed by atoms with Gasteiger partial charge in [-0.3, -0.25) is 0 Å². The molecule has 0 saturated carbocycles. The molecule has 12 nitrogen and oxygen atoms in total. The van der Waals surface area contributed by atoms with E-state index in [9.17, 15) is 8.42 Å². The quantitative estimate of drug-likeness (QED) is 0.438. The predicted molar refractivity (Wildman–Crippen MR) is 107 cm³/mol. The van der Waals surface area contributed by atoms with Crippen molar-refractivity contribution in [3.63, 3.8) is 0 Å². The van der Waals surface area contributed by atoms with Gasteiger partial charge < -0.3 is 18.6 Å². The van der Waals surface area contributed by atoms with E-state index in [4.69, 9.17) is 13.7 Å². The smallest absolute Gasteiger partial charge is 0.337 e. The lowest BCUT2D eigenvalue weighted by atomic mass is 10.3. The van der Waals surface area contributed by atoms with Gasteiger partial charge in [0.05, 0.1) is 29.2 Å². The topological polar surface area (TPSA) is 133 Å². The van der Waals surface area contributed by atoms with Gasteiger partial charge in [-0.2, -0.15) is 14.3 Å². The van der Waals surface area contributed by atoms with Crippen LogP contribution in [0.25, 0.3) is 28.6 Å². The monoisotopic (exact) mass is 445 g/mol. The number of hydrogen-bond acceptors (Lipinski definition) is 10. The molecule has 0 spiro atoms. The van der Waals surface area contributed by atoms with E-state index in [1.165, 1.54) is 34.6 Å². The van der Waals surface area contributed by atoms with Crippen molar-refractivity contribution in [1.29, 1.82) is 0 Å². The summed E-state index contributed by atoms with van der Waals surface area (Å²) < 4.78 is 45.1. The lowest BCUT2D eigenvalue weighted by molar-refractivity contribution is 0.222. The van der Waals surface area contributed by atoms with E-state index in [0.717, 1.165) is 0 Å². The number of likely N-dealkylation sites (N-methyl/N-ethyl adjacent to an activating group) is 1. The number of benzene rings is 1. The number of oxazole rings is 1. The summed E-state index contributed by atoms with van der Waals surface area (Å²) in [5, 5.41) is 3.89. The lowest BCUT2D eigenvalue weighted by Gasteiger charge is -2.31. The highest BCUT2D eigenvalue weighted by Gasteiger charge is 2.29. The molecule has 13 heteroatoms. The van der Waals surface area contributed by atoms with Gasteiger partial charge in [0.2, 0.25) is 15.8 Å². The second kappa shape index (κ2) is 7.44. The van der Waals surface area contributed by atoms with Crippen LogP contribution in [0.4, 0.5) is 0 Å². The Kier molecular flexibility index (Phi) is 4.72. The number of nitrogens with zero attached hydrogens (tertiary/aromatic N) is 7. The van der Waals surface area contributed by atoms with Crippen LogP contribution in [0.3, 0.4) is 0 Å². The van der Waals surface area contributed by atoms with E-state index < -0.39 is 10.0 Å². The van der Waals surface area contributed by atoms with Crippen LogP contribution in [-0.2, 0) is 10.0 Å². The van der Waals surface area contributed by atoms with E-state index >= 15 is 0 Å². The molecular formula is C18H19N7O5S. The van der Waals surface area contributed by atoms with Crippen molar-refractivity contribution in [2.24, 2.45) is 0 Å². The molecule has 1 aromatic carbocycles. The molecule has 162 valence electrons. The molecule has 0 N–H and O–H groups in total. The van der Waals surface area contributed by atoms with Crippen molar-refractivity contribution < 1.29 is 22.1 Å². The molecule has 0 atom stereocenters. The zero-order valence-corrected chi connectivity index (χ0v) is 17.6. The Morgan fingerprint density at radius 3 is 2.65 bits per heavy atom. The summed E-state index contributed by atoms with van der Waals surface area (Å²) in [6.07, 6.45) is 2.73. The third kappa shape index (κ3) is 3.36. The highest BCUT2D eigenvalue weighted by atomic mass is 32.2. The van der Waals surface area contributed by atoms with Gasteiger partial charge in [-0.25, -0.2) is 18.0 Å². The highest BCUT2D eigenvalue weighted by molar-refractivity contribution is 7.89. The van der Waals surface area contributed by atoms with Crippen LogP contribution in [0.1, 0.15) is 0 Å². The molecule has 1 aliphatic heterocycles. The summed E-state index contributed by atoms with van der Waals surface area (Å²) in [7, 11) is -0.207. The Morgan fingerprint density at radius 2 is 1.94 bits per heavy atom. The van der Waals surface area contributed by atoms with E-state index in [-0.39, 0.29) is 22.7 Å². The van der Waals surface area contributed by atoms with Crippen molar-refractivity contribution in [3.05, 3.63) is 30.8 Å². The fraction of sp³-hybridized carbons (Fsp3) is 0.333. The zero-order valence-electron chi connectivity index (χ0n) is 16.8. The predicted octanol–water partition coefficient (Wildman–Crippen LogP) is 1.01. The van der Waals surface area contributed by atoms with Crippen molar-refractivity contribution in [2.45, 2.75) is 4.90 Å². The fourth-order valence-electron chi connectivity index (χ4n) is 3.43. The molecular weight excluding hydrogens is 426 g/mol. The third-order valence-corrected chi connectivity index (χ3v) is 7.03. The number of aromatic nitrogens is 5. The maximum Gasteiger partial charge on any atom is 0.337 e. The Morgan fingerprint density at radius 1 is 1.13 bits per heavy atom.